The van der Waals surface area contributed by atoms with Crippen LogP contribution in [0.4, 0.5) is 0 Å². The summed E-state index contributed by atoms with van der Waals surface area (Å²) in [6, 6.07) is -1.55. The van der Waals surface area contributed by atoms with E-state index in [4.69, 9.17) is 10.8 Å². The van der Waals surface area contributed by atoms with E-state index in [-0.39, 0.29) is 29.6 Å². The van der Waals surface area contributed by atoms with E-state index >= 15 is 0 Å². The number of thiol groups is 2. The third kappa shape index (κ3) is 6.15. The Morgan fingerprint density at radius 1 is 1.20 bits per heavy atom. The first-order valence-electron chi connectivity index (χ1n) is 6.27. The standard InChI is InChI=1S/C12H22N2O4S2/c1-6(2)10(14-11(16)8(13)5-20)9(15)3-7(4-19)12(17)18/h6-8,10,19-20H,3-5,13H2,1-2H3,(H,14,16)(H,17,18). The van der Waals surface area contributed by atoms with Gasteiger partial charge in [0.2, 0.25) is 5.91 Å². The molecule has 0 aliphatic heterocycles. The lowest BCUT2D eigenvalue weighted by Gasteiger charge is -2.23. The lowest BCUT2D eigenvalue weighted by Crippen LogP contribution is -2.51. The monoisotopic (exact) mass is 322 g/mol. The number of carboxylic acids is 1. The number of ketones is 1. The molecule has 0 aromatic heterocycles. The molecule has 0 aliphatic carbocycles. The van der Waals surface area contributed by atoms with Crippen molar-refractivity contribution in [1.29, 1.82) is 0 Å². The molecule has 20 heavy (non-hydrogen) atoms. The minimum Gasteiger partial charge on any atom is -0.481 e. The van der Waals surface area contributed by atoms with E-state index in [9.17, 15) is 14.4 Å². The van der Waals surface area contributed by atoms with Crippen LogP contribution < -0.4 is 11.1 Å². The van der Waals surface area contributed by atoms with Crippen molar-refractivity contribution < 1.29 is 19.5 Å². The lowest BCUT2D eigenvalue weighted by molar-refractivity contribution is -0.143. The fraction of sp³-hybridized carbons (Fsp3) is 0.750. The van der Waals surface area contributed by atoms with Crippen molar-refractivity contribution in [2.45, 2.75) is 32.4 Å². The normalized spacial score (nSPS) is 15.5. The topological polar surface area (TPSA) is 109 Å². The number of nitrogens with one attached hydrogen (secondary N) is 1. The van der Waals surface area contributed by atoms with Crippen molar-refractivity contribution in [2.75, 3.05) is 11.5 Å². The summed E-state index contributed by atoms with van der Waals surface area (Å²) in [5.41, 5.74) is 5.53. The minimum atomic E-state index is -1.07. The molecule has 0 radical (unpaired) electrons. The first-order chi connectivity index (χ1) is 9.24. The smallest absolute Gasteiger partial charge is 0.307 e. The Bertz CT molecular complexity index is 363. The number of amides is 1. The van der Waals surface area contributed by atoms with E-state index < -0.39 is 29.9 Å². The number of aliphatic carboxylic acids is 1. The minimum absolute atomic E-state index is 0.0655. The second-order valence-electron chi connectivity index (χ2n) is 4.91. The van der Waals surface area contributed by atoms with Gasteiger partial charge in [-0.2, -0.15) is 25.3 Å². The summed E-state index contributed by atoms with van der Waals surface area (Å²) < 4.78 is 0. The van der Waals surface area contributed by atoms with Gasteiger partial charge in [-0.3, -0.25) is 14.4 Å². The molecule has 0 aromatic rings. The first-order valence-corrected chi connectivity index (χ1v) is 7.54. The number of hydrogen-bond acceptors (Lipinski definition) is 6. The molecule has 0 heterocycles. The van der Waals surface area contributed by atoms with E-state index in [1.807, 2.05) is 0 Å². The van der Waals surface area contributed by atoms with Crippen LogP contribution in [0.2, 0.25) is 0 Å². The Morgan fingerprint density at radius 2 is 1.75 bits per heavy atom. The average Bonchev–Trinajstić information content (AvgIpc) is 2.39. The molecular formula is C12H22N2O4S2. The maximum Gasteiger partial charge on any atom is 0.307 e. The zero-order valence-electron chi connectivity index (χ0n) is 11.6. The summed E-state index contributed by atoms with van der Waals surface area (Å²) in [7, 11) is 0. The summed E-state index contributed by atoms with van der Waals surface area (Å²) in [5.74, 6) is -2.66. The van der Waals surface area contributed by atoms with Gasteiger partial charge < -0.3 is 16.2 Å². The molecular weight excluding hydrogens is 300 g/mol. The highest BCUT2D eigenvalue weighted by molar-refractivity contribution is 7.80. The van der Waals surface area contributed by atoms with E-state index in [2.05, 4.69) is 30.6 Å². The predicted molar refractivity (Wildman–Crippen MR) is 83.2 cm³/mol. The van der Waals surface area contributed by atoms with Gasteiger partial charge in [-0.25, -0.2) is 0 Å². The van der Waals surface area contributed by atoms with Crippen LogP contribution in [0.15, 0.2) is 0 Å². The van der Waals surface area contributed by atoms with Gasteiger partial charge in [-0.15, -0.1) is 0 Å². The number of nitrogens with two attached hydrogens (primary N) is 1. The van der Waals surface area contributed by atoms with E-state index in [0.717, 1.165) is 0 Å². The SMILES string of the molecule is CC(C)C(NC(=O)C(N)CS)C(=O)CC(CS)C(=O)O. The van der Waals surface area contributed by atoms with Gasteiger partial charge in [0.05, 0.1) is 18.0 Å². The molecule has 4 N–H and O–H groups in total. The van der Waals surface area contributed by atoms with Crippen LogP contribution in [0.3, 0.4) is 0 Å². The van der Waals surface area contributed by atoms with Gasteiger partial charge in [0.1, 0.15) is 0 Å². The molecule has 0 saturated carbocycles. The Hall–Kier alpha value is -0.730. The fourth-order valence-corrected chi connectivity index (χ4v) is 2.01. The molecule has 0 aromatic carbocycles. The third-order valence-electron chi connectivity index (χ3n) is 2.86. The highest BCUT2D eigenvalue weighted by Gasteiger charge is 2.29. The number of carbonyl (C=O) groups excluding carboxylic acids is 2. The number of Topliss-reactive ketones (excluding diaryl/α,β-unsaturated/α-hetero) is 1. The second-order valence-corrected chi connectivity index (χ2v) is 5.64. The van der Waals surface area contributed by atoms with Gasteiger partial charge >= 0.3 is 5.97 Å². The Balaban J connectivity index is 4.79. The molecule has 3 unspecified atom stereocenters. The lowest BCUT2D eigenvalue weighted by atomic mass is 9.93. The van der Waals surface area contributed by atoms with Gasteiger partial charge in [-0.1, -0.05) is 13.8 Å². The predicted octanol–water partition coefficient (Wildman–Crippen LogP) is -0.0259. The Labute approximate surface area is 129 Å². The third-order valence-corrected chi connectivity index (χ3v) is 3.70. The quantitative estimate of drug-likeness (QED) is 0.383. The molecule has 0 aliphatic rings. The number of hydrogen-bond donors (Lipinski definition) is 5. The molecule has 1 amide bonds. The summed E-state index contributed by atoms with van der Waals surface area (Å²) in [4.78, 5) is 34.8. The van der Waals surface area contributed by atoms with Gasteiger partial charge in [0.15, 0.2) is 5.78 Å². The van der Waals surface area contributed by atoms with Crippen LogP contribution in [-0.2, 0) is 14.4 Å². The molecule has 8 heteroatoms. The van der Waals surface area contributed by atoms with Crippen molar-refractivity contribution in [3.63, 3.8) is 0 Å². The van der Waals surface area contributed by atoms with Gasteiger partial charge in [-0.05, 0) is 5.92 Å². The van der Waals surface area contributed by atoms with Crippen LogP contribution in [-0.4, -0.2) is 46.4 Å². The van der Waals surface area contributed by atoms with Crippen molar-refractivity contribution in [2.24, 2.45) is 17.6 Å². The number of carbonyl (C=O) groups is 3. The highest BCUT2D eigenvalue weighted by Crippen LogP contribution is 2.13. The van der Waals surface area contributed by atoms with E-state index in [1.165, 1.54) is 0 Å². The molecule has 0 rings (SSSR count). The Morgan fingerprint density at radius 3 is 2.10 bits per heavy atom. The molecule has 0 spiro atoms. The van der Waals surface area contributed by atoms with Crippen LogP contribution in [0, 0.1) is 11.8 Å². The van der Waals surface area contributed by atoms with Gasteiger partial charge in [0.25, 0.3) is 0 Å². The number of rotatable bonds is 9. The zero-order valence-corrected chi connectivity index (χ0v) is 13.4. The van der Waals surface area contributed by atoms with Crippen LogP contribution in [0.5, 0.6) is 0 Å². The molecule has 0 fully saturated rings. The van der Waals surface area contributed by atoms with Crippen molar-refractivity contribution >= 4 is 42.9 Å². The van der Waals surface area contributed by atoms with E-state index in [0.29, 0.717) is 0 Å². The fourth-order valence-electron chi connectivity index (χ4n) is 1.56. The van der Waals surface area contributed by atoms with Crippen molar-refractivity contribution in [3.05, 3.63) is 0 Å². The summed E-state index contributed by atoms with van der Waals surface area (Å²) in [6.07, 6.45) is -0.169. The molecule has 6 nitrogen and oxygen atoms in total. The molecule has 0 saturated heterocycles. The molecule has 0 bridgehead atoms. The van der Waals surface area contributed by atoms with Crippen LogP contribution in [0.1, 0.15) is 20.3 Å². The molecule has 3 atom stereocenters. The van der Waals surface area contributed by atoms with E-state index in [1.54, 1.807) is 13.8 Å². The van der Waals surface area contributed by atoms with Crippen molar-refractivity contribution in [1.82, 2.24) is 5.32 Å². The highest BCUT2D eigenvalue weighted by atomic mass is 32.1. The largest absolute Gasteiger partial charge is 0.481 e. The second kappa shape index (κ2) is 9.25. The number of carboxylic acid groups (broad SMARTS) is 1. The van der Waals surface area contributed by atoms with Gasteiger partial charge in [0, 0.05) is 17.9 Å². The Kier molecular flexibility index (Phi) is 8.91. The maximum absolute atomic E-state index is 12.1. The molecule has 116 valence electrons. The van der Waals surface area contributed by atoms with Crippen LogP contribution in [0.25, 0.3) is 0 Å². The maximum atomic E-state index is 12.1. The zero-order chi connectivity index (χ0) is 15.9. The van der Waals surface area contributed by atoms with Crippen molar-refractivity contribution in [3.8, 4) is 0 Å². The van der Waals surface area contributed by atoms with Crippen LogP contribution >= 0.6 is 25.3 Å². The first kappa shape index (κ1) is 19.3. The summed E-state index contributed by atoms with van der Waals surface area (Å²) >= 11 is 7.84. The summed E-state index contributed by atoms with van der Waals surface area (Å²) in [6.45, 7) is 3.54. The average molecular weight is 322 g/mol. The summed E-state index contributed by atoms with van der Waals surface area (Å²) in [5, 5.41) is 11.5.